The fourth-order valence-corrected chi connectivity index (χ4v) is 3.15. The van der Waals surface area contributed by atoms with Crippen molar-refractivity contribution in [2.45, 2.75) is 19.1 Å². The molecule has 1 fully saturated rings. The topological polar surface area (TPSA) is 78.4 Å². The molecule has 1 atom stereocenters. The number of hydrogen-bond donors (Lipinski definition) is 2. The molecule has 0 radical (unpaired) electrons. The Morgan fingerprint density at radius 2 is 2.12 bits per heavy atom. The van der Waals surface area contributed by atoms with Gasteiger partial charge in [0.05, 0.1) is 17.6 Å². The summed E-state index contributed by atoms with van der Waals surface area (Å²) in [6, 6.07) is 15.0. The average molecular weight is 337 g/mol. The maximum absolute atomic E-state index is 12.8. The Bertz CT molecular complexity index is 891. The van der Waals surface area contributed by atoms with E-state index in [0.29, 0.717) is 24.5 Å². The molecule has 0 spiro atoms. The lowest BCUT2D eigenvalue weighted by Gasteiger charge is -2.17. The molecule has 0 aliphatic carbocycles. The number of carbonyl (C=O) groups excluding carboxylic acids is 1. The normalized spacial score (nSPS) is 17.2. The molecule has 1 aliphatic heterocycles. The second-order valence-electron chi connectivity index (χ2n) is 6.17. The van der Waals surface area contributed by atoms with Crippen LogP contribution in [0.4, 0.5) is 0 Å². The van der Waals surface area contributed by atoms with Crippen molar-refractivity contribution >= 4 is 16.9 Å². The molecule has 6 heteroatoms. The Labute approximate surface area is 145 Å². The summed E-state index contributed by atoms with van der Waals surface area (Å²) in [5, 5.41) is 9.16. The maximum Gasteiger partial charge on any atom is 0.254 e. The van der Waals surface area contributed by atoms with Gasteiger partial charge in [0.2, 0.25) is 0 Å². The van der Waals surface area contributed by atoms with Gasteiger partial charge in [0.25, 0.3) is 5.91 Å². The molecule has 25 heavy (non-hydrogen) atoms. The van der Waals surface area contributed by atoms with E-state index in [-0.39, 0.29) is 18.6 Å². The molecule has 2 heterocycles. The third-order valence-corrected chi connectivity index (χ3v) is 4.41. The van der Waals surface area contributed by atoms with E-state index in [9.17, 15) is 4.79 Å². The van der Waals surface area contributed by atoms with E-state index in [1.807, 2.05) is 35.2 Å². The Morgan fingerprint density at radius 3 is 2.92 bits per heavy atom. The summed E-state index contributed by atoms with van der Waals surface area (Å²) in [5.41, 5.74) is 2.11. The lowest BCUT2D eigenvalue weighted by Crippen LogP contribution is -2.30. The van der Waals surface area contributed by atoms with Crippen molar-refractivity contribution in [2.75, 3.05) is 13.1 Å². The Kier molecular flexibility index (Phi) is 4.11. The maximum atomic E-state index is 12.8. The standard InChI is InChI=1S/C19H19N3O3/c23-12-18-20-16-7-6-13(10-17(16)21-18)19(24)22-9-8-15(11-22)25-14-4-2-1-3-5-14/h1-7,10,15,23H,8-9,11-12H2,(H,20,21)/t15-/m1/s1. The highest BCUT2D eigenvalue weighted by Gasteiger charge is 2.28. The van der Waals surface area contributed by atoms with Gasteiger partial charge in [-0.15, -0.1) is 0 Å². The zero-order valence-electron chi connectivity index (χ0n) is 13.7. The number of ether oxygens (including phenoxy) is 1. The average Bonchev–Trinajstić information content (AvgIpc) is 3.27. The van der Waals surface area contributed by atoms with Crippen LogP contribution in [0.15, 0.2) is 48.5 Å². The molecule has 0 unspecified atom stereocenters. The number of nitrogens with one attached hydrogen (secondary N) is 1. The Hall–Kier alpha value is -2.86. The molecular formula is C19H19N3O3. The summed E-state index contributed by atoms with van der Waals surface area (Å²) in [7, 11) is 0. The minimum Gasteiger partial charge on any atom is -0.489 e. The van der Waals surface area contributed by atoms with Crippen LogP contribution in [0.3, 0.4) is 0 Å². The number of rotatable bonds is 4. The number of likely N-dealkylation sites (tertiary alicyclic amines) is 1. The minimum atomic E-state index is -0.150. The molecule has 6 nitrogen and oxygen atoms in total. The molecule has 3 aromatic rings. The van der Waals surface area contributed by atoms with Crippen molar-refractivity contribution in [2.24, 2.45) is 0 Å². The molecule has 1 aliphatic rings. The number of amides is 1. The van der Waals surface area contributed by atoms with Gasteiger partial charge >= 0.3 is 0 Å². The number of hydrogen-bond acceptors (Lipinski definition) is 4. The summed E-state index contributed by atoms with van der Waals surface area (Å²) in [6.45, 7) is 1.11. The summed E-state index contributed by atoms with van der Waals surface area (Å²) in [6.07, 6.45) is 0.838. The number of H-pyrrole nitrogens is 1. The van der Waals surface area contributed by atoms with E-state index < -0.39 is 0 Å². The first-order chi connectivity index (χ1) is 12.2. The summed E-state index contributed by atoms with van der Waals surface area (Å²) in [5.74, 6) is 1.32. The lowest BCUT2D eigenvalue weighted by atomic mass is 10.2. The van der Waals surface area contributed by atoms with E-state index in [4.69, 9.17) is 9.84 Å². The molecule has 128 valence electrons. The van der Waals surface area contributed by atoms with Gasteiger partial charge in [-0.1, -0.05) is 18.2 Å². The van der Waals surface area contributed by atoms with Crippen molar-refractivity contribution < 1.29 is 14.6 Å². The van der Waals surface area contributed by atoms with E-state index in [0.717, 1.165) is 23.2 Å². The van der Waals surface area contributed by atoms with E-state index in [1.54, 1.807) is 18.2 Å². The van der Waals surface area contributed by atoms with Gasteiger partial charge in [0.1, 0.15) is 24.3 Å². The molecule has 0 saturated carbocycles. The fourth-order valence-electron chi connectivity index (χ4n) is 3.15. The van der Waals surface area contributed by atoms with Crippen molar-refractivity contribution in [3.8, 4) is 5.75 Å². The Morgan fingerprint density at radius 1 is 1.28 bits per heavy atom. The van der Waals surface area contributed by atoms with Crippen molar-refractivity contribution in [1.82, 2.24) is 14.9 Å². The Balaban J connectivity index is 1.46. The first-order valence-electron chi connectivity index (χ1n) is 8.33. The summed E-state index contributed by atoms with van der Waals surface area (Å²) >= 11 is 0. The van der Waals surface area contributed by atoms with Crippen LogP contribution in [0.25, 0.3) is 11.0 Å². The molecule has 0 bridgehead atoms. The number of benzene rings is 2. The largest absolute Gasteiger partial charge is 0.489 e. The third kappa shape index (κ3) is 3.21. The van der Waals surface area contributed by atoms with E-state index in [1.165, 1.54) is 0 Å². The zero-order chi connectivity index (χ0) is 17.2. The van der Waals surface area contributed by atoms with Crippen LogP contribution in [0.2, 0.25) is 0 Å². The van der Waals surface area contributed by atoms with Gasteiger partial charge in [0.15, 0.2) is 0 Å². The summed E-state index contributed by atoms with van der Waals surface area (Å²) < 4.78 is 5.94. The number of aromatic amines is 1. The first-order valence-corrected chi connectivity index (χ1v) is 8.33. The molecular weight excluding hydrogens is 318 g/mol. The predicted molar refractivity (Wildman–Crippen MR) is 93.4 cm³/mol. The van der Waals surface area contributed by atoms with E-state index in [2.05, 4.69) is 9.97 Å². The smallest absolute Gasteiger partial charge is 0.254 e. The van der Waals surface area contributed by atoms with Crippen LogP contribution < -0.4 is 4.74 Å². The highest BCUT2D eigenvalue weighted by atomic mass is 16.5. The minimum absolute atomic E-state index is 0.0128. The number of aromatic nitrogens is 2. The molecule has 1 saturated heterocycles. The predicted octanol–water partition coefficient (Wildman–Crippen LogP) is 2.35. The second kappa shape index (κ2) is 6.57. The second-order valence-corrected chi connectivity index (χ2v) is 6.17. The number of nitrogens with zero attached hydrogens (tertiary/aromatic N) is 2. The van der Waals surface area contributed by atoms with Gasteiger partial charge in [-0.2, -0.15) is 0 Å². The van der Waals surface area contributed by atoms with Gasteiger partial charge in [0, 0.05) is 18.5 Å². The van der Waals surface area contributed by atoms with Crippen LogP contribution in [0.5, 0.6) is 5.75 Å². The number of fused-ring (bicyclic) bond motifs is 1. The van der Waals surface area contributed by atoms with Crippen molar-refractivity contribution in [3.63, 3.8) is 0 Å². The molecule has 2 aromatic carbocycles. The van der Waals surface area contributed by atoms with Crippen LogP contribution in [-0.2, 0) is 6.61 Å². The lowest BCUT2D eigenvalue weighted by molar-refractivity contribution is 0.0772. The number of para-hydroxylation sites is 1. The first kappa shape index (κ1) is 15.7. The summed E-state index contributed by atoms with van der Waals surface area (Å²) in [4.78, 5) is 21.8. The van der Waals surface area contributed by atoms with Crippen LogP contribution in [-0.4, -0.2) is 45.1 Å². The highest BCUT2D eigenvalue weighted by Crippen LogP contribution is 2.21. The number of aliphatic hydroxyl groups excluding tert-OH is 1. The van der Waals surface area contributed by atoms with E-state index >= 15 is 0 Å². The highest BCUT2D eigenvalue weighted by molar-refractivity contribution is 5.97. The quantitative estimate of drug-likeness (QED) is 0.766. The van der Waals surface area contributed by atoms with Gasteiger partial charge in [-0.05, 0) is 30.3 Å². The molecule has 4 rings (SSSR count). The van der Waals surface area contributed by atoms with Gasteiger partial charge in [-0.25, -0.2) is 4.98 Å². The van der Waals surface area contributed by atoms with Gasteiger partial charge < -0.3 is 19.7 Å². The monoisotopic (exact) mass is 337 g/mol. The third-order valence-electron chi connectivity index (χ3n) is 4.41. The van der Waals surface area contributed by atoms with Gasteiger partial charge in [-0.3, -0.25) is 4.79 Å². The molecule has 2 N–H and O–H groups in total. The molecule has 1 aromatic heterocycles. The molecule has 1 amide bonds. The van der Waals surface area contributed by atoms with Crippen molar-refractivity contribution in [3.05, 3.63) is 59.9 Å². The van der Waals surface area contributed by atoms with Crippen LogP contribution >= 0.6 is 0 Å². The zero-order valence-corrected chi connectivity index (χ0v) is 13.7. The number of carbonyl (C=O) groups is 1. The number of aliphatic hydroxyl groups is 1. The number of imidazole rings is 1. The van der Waals surface area contributed by atoms with Crippen molar-refractivity contribution in [1.29, 1.82) is 0 Å². The SMILES string of the molecule is O=C(c1ccc2nc(CO)[nH]c2c1)N1CC[C@@H](Oc2ccccc2)C1. The van der Waals surface area contributed by atoms with Crippen LogP contribution in [0.1, 0.15) is 22.6 Å². The fraction of sp³-hybridized carbons (Fsp3) is 0.263. The van der Waals surface area contributed by atoms with Crippen LogP contribution in [0, 0.1) is 0 Å².